The van der Waals surface area contributed by atoms with Crippen LogP contribution in [0.2, 0.25) is 0 Å². The topological polar surface area (TPSA) is 59.4 Å². The van der Waals surface area contributed by atoms with E-state index < -0.39 is 0 Å². The van der Waals surface area contributed by atoms with Crippen molar-refractivity contribution in [1.82, 2.24) is 20.0 Å². The molecule has 1 N–H and O–H groups in total. The van der Waals surface area contributed by atoms with E-state index in [-0.39, 0.29) is 29.4 Å². The van der Waals surface area contributed by atoms with Crippen molar-refractivity contribution in [2.24, 2.45) is 5.92 Å². The molecule has 31 heavy (non-hydrogen) atoms. The normalized spacial score (nSPS) is 19.2. The zero-order chi connectivity index (χ0) is 21.8. The van der Waals surface area contributed by atoms with Crippen LogP contribution < -0.4 is 10.1 Å². The lowest BCUT2D eigenvalue weighted by Gasteiger charge is -2.39. The molecule has 0 bridgehead atoms. The Bertz CT molecular complexity index is 1030. The first kappa shape index (κ1) is 21.1. The molecule has 1 fully saturated rings. The molecular formula is C24H27FN4O2. The van der Waals surface area contributed by atoms with Crippen molar-refractivity contribution in [1.29, 1.82) is 0 Å². The number of piperidine rings is 1. The van der Waals surface area contributed by atoms with E-state index in [0.717, 1.165) is 25.1 Å². The molecule has 162 valence electrons. The van der Waals surface area contributed by atoms with Crippen molar-refractivity contribution >= 4 is 5.91 Å². The summed E-state index contributed by atoms with van der Waals surface area (Å²) in [7, 11) is 3.78. The number of benzene rings is 2. The van der Waals surface area contributed by atoms with E-state index in [0.29, 0.717) is 12.2 Å². The molecule has 0 aliphatic carbocycles. The Balaban J connectivity index is 1.44. The number of carbonyl (C=O) groups excluding carboxylic acids is 1. The second-order valence-corrected chi connectivity index (χ2v) is 7.91. The third kappa shape index (κ3) is 4.61. The fourth-order valence-corrected chi connectivity index (χ4v) is 4.33. The maximum atomic E-state index is 14.0. The summed E-state index contributed by atoms with van der Waals surface area (Å²) in [5, 5.41) is 7.29. The van der Waals surface area contributed by atoms with Gasteiger partial charge in [-0.05, 0) is 68.2 Å². The number of methoxy groups -OCH3 is 1. The molecule has 7 heteroatoms. The number of carbonyl (C=O) groups is 1. The molecule has 1 amide bonds. The first-order chi connectivity index (χ1) is 15.1. The molecule has 0 radical (unpaired) electrons. The van der Waals surface area contributed by atoms with E-state index in [1.54, 1.807) is 37.6 Å². The maximum Gasteiger partial charge on any atom is 0.271 e. The summed E-state index contributed by atoms with van der Waals surface area (Å²) in [6, 6.07) is 16.3. The molecule has 2 atom stereocenters. The van der Waals surface area contributed by atoms with Gasteiger partial charge in [-0.1, -0.05) is 24.3 Å². The Morgan fingerprint density at radius 1 is 1.19 bits per heavy atom. The van der Waals surface area contributed by atoms with Crippen LogP contribution in [0.15, 0.2) is 60.8 Å². The number of likely N-dealkylation sites (tertiary alicyclic amines) is 1. The van der Waals surface area contributed by atoms with E-state index in [1.807, 2.05) is 12.1 Å². The van der Waals surface area contributed by atoms with E-state index in [4.69, 9.17) is 4.74 Å². The number of nitrogens with one attached hydrogen (secondary N) is 1. The monoisotopic (exact) mass is 422 g/mol. The highest BCUT2D eigenvalue weighted by Crippen LogP contribution is 2.35. The smallest absolute Gasteiger partial charge is 0.271 e. The van der Waals surface area contributed by atoms with Crippen molar-refractivity contribution in [2.75, 3.05) is 27.2 Å². The van der Waals surface area contributed by atoms with Crippen LogP contribution in [0.1, 0.15) is 34.9 Å². The number of ether oxygens (including phenoxy) is 1. The van der Waals surface area contributed by atoms with Crippen LogP contribution in [0.5, 0.6) is 5.75 Å². The number of para-hydroxylation sites is 1. The van der Waals surface area contributed by atoms with Crippen LogP contribution in [0.4, 0.5) is 4.39 Å². The summed E-state index contributed by atoms with van der Waals surface area (Å²) in [6.07, 6.45) is 3.72. The van der Waals surface area contributed by atoms with Gasteiger partial charge in [0.1, 0.15) is 17.3 Å². The van der Waals surface area contributed by atoms with Crippen LogP contribution in [-0.4, -0.2) is 47.8 Å². The van der Waals surface area contributed by atoms with E-state index in [9.17, 15) is 9.18 Å². The van der Waals surface area contributed by atoms with Gasteiger partial charge < -0.3 is 10.1 Å². The van der Waals surface area contributed by atoms with E-state index in [1.165, 1.54) is 16.3 Å². The van der Waals surface area contributed by atoms with Gasteiger partial charge >= 0.3 is 0 Å². The highest BCUT2D eigenvalue weighted by molar-refractivity contribution is 5.92. The molecule has 3 aromatic rings. The zero-order valence-electron chi connectivity index (χ0n) is 17.8. The number of nitrogens with zero attached hydrogens (tertiary/aromatic N) is 3. The van der Waals surface area contributed by atoms with Gasteiger partial charge in [-0.2, -0.15) is 5.10 Å². The second kappa shape index (κ2) is 9.31. The molecule has 1 aliphatic rings. The molecule has 2 unspecified atom stereocenters. The van der Waals surface area contributed by atoms with Crippen LogP contribution >= 0.6 is 0 Å². The van der Waals surface area contributed by atoms with Gasteiger partial charge in [0.2, 0.25) is 0 Å². The molecular weight excluding hydrogens is 395 g/mol. The lowest BCUT2D eigenvalue weighted by atomic mass is 9.85. The molecule has 1 aromatic heterocycles. The SMILES string of the molecule is COc1ccc(C2C(CNC(=O)c3ccn(-c4ccccc4F)n3)CCCN2C)cc1. The third-order valence-electron chi connectivity index (χ3n) is 5.91. The molecule has 2 aromatic carbocycles. The van der Waals surface area contributed by atoms with E-state index in [2.05, 4.69) is 34.5 Å². The van der Waals surface area contributed by atoms with Crippen LogP contribution in [-0.2, 0) is 0 Å². The van der Waals surface area contributed by atoms with Crippen molar-refractivity contribution in [3.63, 3.8) is 0 Å². The second-order valence-electron chi connectivity index (χ2n) is 7.91. The quantitative estimate of drug-likeness (QED) is 0.656. The van der Waals surface area contributed by atoms with Gasteiger partial charge in [-0.15, -0.1) is 0 Å². The molecule has 1 aliphatic heterocycles. The number of aromatic nitrogens is 2. The standard InChI is InChI=1S/C24H27FN4O2/c1-28-14-5-6-18(23(28)17-9-11-19(31-2)12-10-17)16-26-24(30)21-13-15-29(27-21)22-8-4-3-7-20(22)25/h3-4,7-13,15,18,23H,5-6,14,16H2,1-2H3,(H,26,30). The Hall–Kier alpha value is -3.19. The Morgan fingerprint density at radius 3 is 2.71 bits per heavy atom. The van der Waals surface area contributed by atoms with Crippen molar-refractivity contribution < 1.29 is 13.9 Å². The summed E-state index contributed by atoms with van der Waals surface area (Å²) in [5.74, 6) is 0.476. The Morgan fingerprint density at radius 2 is 1.97 bits per heavy atom. The first-order valence-electron chi connectivity index (χ1n) is 10.5. The number of halogens is 1. The summed E-state index contributed by atoms with van der Waals surface area (Å²) in [6.45, 7) is 1.57. The molecule has 1 saturated heterocycles. The number of rotatable bonds is 6. The van der Waals surface area contributed by atoms with Gasteiger partial charge in [0.25, 0.3) is 5.91 Å². The lowest BCUT2D eigenvalue weighted by Crippen LogP contribution is -2.41. The van der Waals surface area contributed by atoms with Crippen LogP contribution in [0, 0.1) is 11.7 Å². The molecule has 0 spiro atoms. The van der Waals surface area contributed by atoms with Gasteiger partial charge in [0.15, 0.2) is 5.69 Å². The minimum atomic E-state index is -0.384. The van der Waals surface area contributed by atoms with Crippen LogP contribution in [0.3, 0.4) is 0 Å². The summed E-state index contributed by atoms with van der Waals surface area (Å²) in [4.78, 5) is 15.1. The average Bonchev–Trinajstić information content (AvgIpc) is 3.28. The lowest BCUT2D eigenvalue weighted by molar-refractivity contribution is 0.0886. The molecule has 0 saturated carbocycles. The fraction of sp³-hybridized carbons (Fsp3) is 0.333. The zero-order valence-corrected chi connectivity index (χ0v) is 17.8. The number of hydrogen-bond acceptors (Lipinski definition) is 4. The summed E-state index contributed by atoms with van der Waals surface area (Å²) < 4.78 is 20.7. The van der Waals surface area contributed by atoms with E-state index >= 15 is 0 Å². The van der Waals surface area contributed by atoms with Crippen molar-refractivity contribution in [3.8, 4) is 11.4 Å². The average molecular weight is 423 g/mol. The molecule has 4 rings (SSSR count). The highest BCUT2D eigenvalue weighted by Gasteiger charge is 2.31. The Kier molecular flexibility index (Phi) is 6.32. The third-order valence-corrected chi connectivity index (χ3v) is 5.91. The van der Waals surface area contributed by atoms with Gasteiger partial charge in [-0.3, -0.25) is 9.69 Å². The predicted molar refractivity (Wildman–Crippen MR) is 117 cm³/mol. The number of hydrogen-bond donors (Lipinski definition) is 1. The highest BCUT2D eigenvalue weighted by atomic mass is 19.1. The van der Waals surface area contributed by atoms with Gasteiger partial charge in [0, 0.05) is 18.8 Å². The largest absolute Gasteiger partial charge is 0.497 e. The summed E-state index contributed by atoms with van der Waals surface area (Å²) in [5.41, 5.74) is 1.80. The number of amides is 1. The minimum absolute atomic E-state index is 0.218. The van der Waals surface area contributed by atoms with Gasteiger partial charge in [0.05, 0.1) is 7.11 Å². The maximum absolute atomic E-state index is 14.0. The first-order valence-corrected chi connectivity index (χ1v) is 10.5. The molecule has 2 heterocycles. The predicted octanol–water partition coefficient (Wildman–Crippen LogP) is 3.83. The molecule has 6 nitrogen and oxygen atoms in total. The van der Waals surface area contributed by atoms with Crippen molar-refractivity contribution in [2.45, 2.75) is 18.9 Å². The Labute approximate surface area is 181 Å². The van der Waals surface area contributed by atoms with Crippen molar-refractivity contribution in [3.05, 3.63) is 77.9 Å². The fourth-order valence-electron chi connectivity index (χ4n) is 4.33. The van der Waals surface area contributed by atoms with Gasteiger partial charge in [-0.25, -0.2) is 9.07 Å². The van der Waals surface area contributed by atoms with Crippen LogP contribution in [0.25, 0.3) is 5.69 Å². The minimum Gasteiger partial charge on any atom is -0.497 e. The summed E-state index contributed by atoms with van der Waals surface area (Å²) >= 11 is 0.